The Kier molecular flexibility index (Phi) is 4.80. The molecule has 0 atom stereocenters. The van der Waals surface area contributed by atoms with Crippen molar-refractivity contribution < 1.29 is 9.53 Å². The fourth-order valence-corrected chi connectivity index (χ4v) is 2.52. The zero-order valence-electron chi connectivity index (χ0n) is 13.3. The minimum atomic E-state index is -0.231. The molecule has 23 heavy (non-hydrogen) atoms. The standard InChI is InChI=1S/C17H22N4O2/c1-2-23-15-6-4-3-5-14(15)20-17(22)19-10-12-21-11-9-18-16(21)13-7-8-13/h3-6,9,11,13H,2,7-8,10,12H2,1H3,(H2,19,20,22). The molecule has 1 aliphatic rings. The predicted molar refractivity (Wildman–Crippen MR) is 88.8 cm³/mol. The number of nitrogens with zero attached hydrogens (tertiary/aromatic N) is 2. The first-order valence-electron chi connectivity index (χ1n) is 8.05. The van der Waals surface area contributed by atoms with Gasteiger partial charge >= 0.3 is 6.03 Å². The van der Waals surface area contributed by atoms with Crippen LogP contribution in [-0.4, -0.2) is 28.7 Å². The molecule has 0 saturated heterocycles. The summed E-state index contributed by atoms with van der Waals surface area (Å²) in [6.45, 7) is 3.76. The SMILES string of the molecule is CCOc1ccccc1NC(=O)NCCn1ccnc1C1CC1. The largest absolute Gasteiger partial charge is 0.492 e. The zero-order chi connectivity index (χ0) is 16.1. The van der Waals surface area contributed by atoms with E-state index in [9.17, 15) is 4.79 Å². The zero-order valence-corrected chi connectivity index (χ0v) is 13.3. The molecule has 1 aromatic heterocycles. The van der Waals surface area contributed by atoms with Crippen LogP contribution in [0.2, 0.25) is 0 Å². The molecule has 3 rings (SSSR count). The van der Waals surface area contributed by atoms with Crippen LogP contribution in [0.4, 0.5) is 10.5 Å². The van der Waals surface area contributed by atoms with Crippen LogP contribution in [0.3, 0.4) is 0 Å². The molecule has 1 aliphatic carbocycles. The van der Waals surface area contributed by atoms with E-state index in [0.717, 1.165) is 12.4 Å². The van der Waals surface area contributed by atoms with Gasteiger partial charge in [0.1, 0.15) is 11.6 Å². The summed E-state index contributed by atoms with van der Waals surface area (Å²) in [5.74, 6) is 2.42. The highest BCUT2D eigenvalue weighted by Crippen LogP contribution is 2.38. The van der Waals surface area contributed by atoms with Gasteiger partial charge in [-0.3, -0.25) is 0 Å². The van der Waals surface area contributed by atoms with E-state index in [4.69, 9.17) is 4.74 Å². The fraction of sp³-hybridized carbons (Fsp3) is 0.412. The predicted octanol–water partition coefficient (Wildman–Crippen LogP) is 2.98. The second kappa shape index (κ2) is 7.17. The molecule has 2 N–H and O–H groups in total. The smallest absolute Gasteiger partial charge is 0.319 e. The van der Waals surface area contributed by atoms with Crippen LogP contribution in [0.15, 0.2) is 36.7 Å². The molecule has 1 aromatic carbocycles. The lowest BCUT2D eigenvalue weighted by Gasteiger charge is -2.12. The van der Waals surface area contributed by atoms with Crippen molar-refractivity contribution in [3.63, 3.8) is 0 Å². The Morgan fingerprint density at radius 1 is 1.39 bits per heavy atom. The quantitative estimate of drug-likeness (QED) is 0.825. The lowest BCUT2D eigenvalue weighted by atomic mass is 10.3. The minimum Gasteiger partial charge on any atom is -0.492 e. The molecule has 0 spiro atoms. The number of hydrogen-bond donors (Lipinski definition) is 2. The second-order valence-corrected chi connectivity index (χ2v) is 5.56. The maximum Gasteiger partial charge on any atom is 0.319 e. The number of ether oxygens (including phenoxy) is 1. The Morgan fingerprint density at radius 2 is 2.22 bits per heavy atom. The highest BCUT2D eigenvalue weighted by atomic mass is 16.5. The first-order chi connectivity index (χ1) is 11.3. The summed E-state index contributed by atoms with van der Waals surface area (Å²) in [5, 5.41) is 5.70. The first-order valence-corrected chi connectivity index (χ1v) is 8.05. The van der Waals surface area contributed by atoms with Gasteiger partial charge < -0.3 is 19.9 Å². The molecule has 0 bridgehead atoms. The average Bonchev–Trinajstić information content (AvgIpc) is 3.29. The van der Waals surface area contributed by atoms with Crippen molar-refractivity contribution in [3.05, 3.63) is 42.5 Å². The maximum atomic E-state index is 12.0. The molecule has 6 heteroatoms. The first kappa shape index (κ1) is 15.4. The number of para-hydroxylation sites is 2. The molecular weight excluding hydrogens is 292 g/mol. The third-order valence-corrected chi connectivity index (χ3v) is 3.76. The lowest BCUT2D eigenvalue weighted by molar-refractivity contribution is 0.251. The number of carbonyl (C=O) groups excluding carboxylic acids is 1. The van der Waals surface area contributed by atoms with Crippen LogP contribution in [-0.2, 0) is 6.54 Å². The van der Waals surface area contributed by atoms with Crippen molar-refractivity contribution in [2.45, 2.75) is 32.2 Å². The number of imidazole rings is 1. The molecule has 0 unspecified atom stereocenters. The van der Waals surface area contributed by atoms with Gasteiger partial charge in [-0.2, -0.15) is 0 Å². The van der Waals surface area contributed by atoms with E-state index in [0.29, 0.717) is 30.5 Å². The lowest BCUT2D eigenvalue weighted by Crippen LogP contribution is -2.31. The normalized spacial score (nSPS) is 13.6. The third kappa shape index (κ3) is 4.03. The number of benzene rings is 1. The van der Waals surface area contributed by atoms with Gasteiger partial charge in [-0.05, 0) is 31.9 Å². The van der Waals surface area contributed by atoms with Crippen LogP contribution in [0.25, 0.3) is 0 Å². The molecule has 0 aliphatic heterocycles. The van der Waals surface area contributed by atoms with Gasteiger partial charge in [0.05, 0.1) is 12.3 Å². The van der Waals surface area contributed by atoms with Gasteiger partial charge in [0.25, 0.3) is 0 Å². The summed E-state index contributed by atoms with van der Waals surface area (Å²) < 4.78 is 7.61. The summed E-state index contributed by atoms with van der Waals surface area (Å²) in [7, 11) is 0. The number of rotatable bonds is 7. The summed E-state index contributed by atoms with van der Waals surface area (Å²) in [6, 6.07) is 7.18. The highest BCUT2D eigenvalue weighted by molar-refractivity contribution is 5.90. The van der Waals surface area contributed by atoms with Crippen molar-refractivity contribution in [1.29, 1.82) is 0 Å². The van der Waals surface area contributed by atoms with E-state index < -0.39 is 0 Å². The monoisotopic (exact) mass is 314 g/mol. The summed E-state index contributed by atoms with van der Waals surface area (Å²) >= 11 is 0. The molecule has 6 nitrogen and oxygen atoms in total. The molecule has 1 heterocycles. The minimum absolute atomic E-state index is 0.231. The van der Waals surface area contributed by atoms with Gasteiger partial charge in [0.2, 0.25) is 0 Å². The van der Waals surface area contributed by atoms with Crippen molar-refractivity contribution in [2.75, 3.05) is 18.5 Å². The number of hydrogen-bond acceptors (Lipinski definition) is 3. The molecule has 1 saturated carbocycles. The Labute approximate surface area is 135 Å². The Morgan fingerprint density at radius 3 is 3.00 bits per heavy atom. The summed E-state index contributed by atoms with van der Waals surface area (Å²) in [5.41, 5.74) is 0.674. The van der Waals surface area contributed by atoms with Crippen molar-refractivity contribution in [1.82, 2.24) is 14.9 Å². The Hall–Kier alpha value is -2.50. The second-order valence-electron chi connectivity index (χ2n) is 5.56. The van der Waals surface area contributed by atoms with E-state index >= 15 is 0 Å². The molecule has 122 valence electrons. The number of anilines is 1. The molecule has 0 radical (unpaired) electrons. The molecular formula is C17H22N4O2. The van der Waals surface area contributed by atoms with Crippen LogP contribution in [0.1, 0.15) is 31.5 Å². The van der Waals surface area contributed by atoms with Gasteiger partial charge in [-0.1, -0.05) is 12.1 Å². The Bertz CT molecular complexity index is 664. The van der Waals surface area contributed by atoms with Crippen LogP contribution < -0.4 is 15.4 Å². The summed E-state index contributed by atoms with van der Waals surface area (Å²) in [4.78, 5) is 16.4. The summed E-state index contributed by atoms with van der Waals surface area (Å²) in [6.07, 6.45) is 6.24. The van der Waals surface area contributed by atoms with Gasteiger partial charge in [0, 0.05) is 31.4 Å². The van der Waals surface area contributed by atoms with Crippen molar-refractivity contribution in [2.24, 2.45) is 0 Å². The van der Waals surface area contributed by atoms with Crippen LogP contribution in [0.5, 0.6) is 5.75 Å². The van der Waals surface area contributed by atoms with Crippen LogP contribution in [0, 0.1) is 0 Å². The van der Waals surface area contributed by atoms with Gasteiger partial charge in [-0.15, -0.1) is 0 Å². The number of aromatic nitrogens is 2. The maximum absolute atomic E-state index is 12.0. The van der Waals surface area contributed by atoms with Gasteiger partial charge in [-0.25, -0.2) is 9.78 Å². The van der Waals surface area contributed by atoms with Crippen LogP contribution >= 0.6 is 0 Å². The molecule has 2 amide bonds. The van der Waals surface area contributed by atoms with E-state index in [1.807, 2.05) is 43.6 Å². The third-order valence-electron chi connectivity index (χ3n) is 3.76. The number of urea groups is 1. The van der Waals surface area contributed by atoms with Gasteiger partial charge in [0.15, 0.2) is 0 Å². The number of amides is 2. The van der Waals surface area contributed by atoms with E-state index in [1.165, 1.54) is 12.8 Å². The molecule has 1 fully saturated rings. The van der Waals surface area contributed by atoms with E-state index in [2.05, 4.69) is 20.2 Å². The highest BCUT2D eigenvalue weighted by Gasteiger charge is 2.27. The number of nitrogens with one attached hydrogen (secondary N) is 2. The van der Waals surface area contributed by atoms with E-state index in [1.54, 1.807) is 0 Å². The van der Waals surface area contributed by atoms with E-state index in [-0.39, 0.29) is 6.03 Å². The fourth-order valence-electron chi connectivity index (χ4n) is 2.52. The van der Waals surface area contributed by atoms with Crippen molar-refractivity contribution in [3.8, 4) is 5.75 Å². The Balaban J connectivity index is 1.49. The molecule has 2 aromatic rings. The average molecular weight is 314 g/mol. The van der Waals surface area contributed by atoms with Crippen molar-refractivity contribution >= 4 is 11.7 Å². The topological polar surface area (TPSA) is 68.2 Å². The number of carbonyl (C=O) groups is 1.